The van der Waals surface area contributed by atoms with E-state index in [1.165, 1.54) is 13.0 Å². The Hall–Kier alpha value is -0.870. The summed E-state index contributed by atoms with van der Waals surface area (Å²) in [6, 6.07) is 0. The molecule has 1 fully saturated rings. The van der Waals surface area contributed by atoms with Gasteiger partial charge in [0.25, 0.3) is 0 Å². The smallest absolute Gasteiger partial charge is 0.137 e. The Balaban J connectivity index is 2.12. The number of rotatable bonds is 5. The van der Waals surface area contributed by atoms with E-state index in [2.05, 4.69) is 28.6 Å². The molecular weight excluding hydrogens is 272 g/mol. The van der Waals surface area contributed by atoms with Crippen molar-refractivity contribution in [1.82, 2.24) is 14.9 Å². The molecule has 1 aliphatic rings. The molecule has 0 unspecified atom stereocenters. The summed E-state index contributed by atoms with van der Waals surface area (Å²) in [5.74, 6) is 1.90. The molecule has 1 aliphatic heterocycles. The molecule has 1 aromatic heterocycles. The fourth-order valence-electron chi connectivity index (χ4n) is 2.66. The number of hydrogen-bond acceptors (Lipinski definition) is 4. The van der Waals surface area contributed by atoms with Gasteiger partial charge < -0.3 is 4.90 Å². The lowest BCUT2D eigenvalue weighted by Gasteiger charge is -2.36. The first-order chi connectivity index (χ1) is 9.65. The number of aryl methyl sites for hydroxylation is 1. The van der Waals surface area contributed by atoms with Gasteiger partial charge in [0.15, 0.2) is 0 Å². The van der Waals surface area contributed by atoms with Gasteiger partial charge in [0.1, 0.15) is 16.8 Å². The fraction of sp³-hybridized carbons (Fsp3) is 0.733. The van der Waals surface area contributed by atoms with Crippen LogP contribution in [0, 0.1) is 6.92 Å². The Bertz CT molecular complexity index is 442. The molecule has 2 rings (SSSR count). The van der Waals surface area contributed by atoms with Crippen LogP contribution in [0.3, 0.4) is 0 Å². The highest BCUT2D eigenvalue weighted by Crippen LogP contribution is 2.24. The first-order valence-electron chi connectivity index (χ1n) is 7.66. The topological polar surface area (TPSA) is 32.3 Å². The predicted molar refractivity (Wildman–Crippen MR) is 84.7 cm³/mol. The maximum atomic E-state index is 6.26. The summed E-state index contributed by atoms with van der Waals surface area (Å²) in [4.78, 5) is 14.0. The minimum absolute atomic E-state index is 0.606. The Morgan fingerprint density at radius 3 is 2.35 bits per heavy atom. The van der Waals surface area contributed by atoms with E-state index in [-0.39, 0.29) is 0 Å². The lowest BCUT2D eigenvalue weighted by molar-refractivity contribution is 0.258. The van der Waals surface area contributed by atoms with E-state index in [0.717, 1.165) is 56.2 Å². The van der Waals surface area contributed by atoms with Gasteiger partial charge in [0.05, 0.1) is 0 Å². The Morgan fingerprint density at radius 1 is 1.05 bits per heavy atom. The molecule has 1 saturated heterocycles. The molecule has 0 atom stereocenters. The van der Waals surface area contributed by atoms with Crippen molar-refractivity contribution in [3.05, 3.63) is 16.5 Å². The van der Waals surface area contributed by atoms with Crippen molar-refractivity contribution in [3.8, 4) is 0 Å². The SMILES string of the molecule is CCCc1nc(Cl)c(C)c(N2CCN(CCC)CC2)n1. The van der Waals surface area contributed by atoms with Gasteiger partial charge in [-0.25, -0.2) is 9.97 Å². The zero-order valence-electron chi connectivity index (χ0n) is 12.8. The highest BCUT2D eigenvalue weighted by atomic mass is 35.5. The number of aromatic nitrogens is 2. The van der Waals surface area contributed by atoms with Crippen molar-refractivity contribution in [1.29, 1.82) is 0 Å². The summed E-state index contributed by atoms with van der Waals surface area (Å²) in [7, 11) is 0. The minimum Gasteiger partial charge on any atom is -0.354 e. The van der Waals surface area contributed by atoms with E-state index in [1.807, 2.05) is 6.92 Å². The monoisotopic (exact) mass is 296 g/mol. The molecule has 112 valence electrons. The van der Waals surface area contributed by atoms with Crippen LogP contribution < -0.4 is 4.90 Å². The maximum absolute atomic E-state index is 6.26. The Kier molecular flexibility index (Phi) is 5.61. The van der Waals surface area contributed by atoms with Crippen molar-refractivity contribution in [2.75, 3.05) is 37.6 Å². The molecule has 0 amide bonds. The van der Waals surface area contributed by atoms with E-state index in [0.29, 0.717) is 5.15 Å². The molecule has 4 nitrogen and oxygen atoms in total. The molecule has 0 bridgehead atoms. The highest BCUT2D eigenvalue weighted by Gasteiger charge is 2.20. The van der Waals surface area contributed by atoms with Crippen LogP contribution in [0.25, 0.3) is 0 Å². The van der Waals surface area contributed by atoms with E-state index in [1.54, 1.807) is 0 Å². The van der Waals surface area contributed by atoms with Crippen molar-refractivity contribution in [3.63, 3.8) is 0 Å². The third-order valence-corrected chi connectivity index (χ3v) is 4.16. The minimum atomic E-state index is 0.606. The van der Waals surface area contributed by atoms with Crippen LogP contribution in [0.4, 0.5) is 5.82 Å². The number of nitrogens with zero attached hydrogens (tertiary/aromatic N) is 4. The molecule has 0 aliphatic carbocycles. The third-order valence-electron chi connectivity index (χ3n) is 3.79. The standard InChI is InChI=1S/C15H25ClN4/c1-4-6-13-17-14(16)12(3)15(18-13)20-10-8-19(7-5-2)9-11-20/h4-11H2,1-3H3. The summed E-state index contributed by atoms with van der Waals surface area (Å²) >= 11 is 6.26. The van der Waals surface area contributed by atoms with Gasteiger partial charge >= 0.3 is 0 Å². The summed E-state index contributed by atoms with van der Waals surface area (Å²) in [5.41, 5.74) is 1.01. The number of halogens is 1. The van der Waals surface area contributed by atoms with E-state index in [9.17, 15) is 0 Å². The summed E-state index contributed by atoms with van der Waals surface area (Å²) in [5, 5.41) is 0.606. The van der Waals surface area contributed by atoms with Gasteiger partial charge in [-0.05, 0) is 26.3 Å². The summed E-state index contributed by atoms with van der Waals surface area (Å²) < 4.78 is 0. The third kappa shape index (κ3) is 3.61. The number of piperazine rings is 1. The zero-order valence-corrected chi connectivity index (χ0v) is 13.6. The fourth-order valence-corrected chi connectivity index (χ4v) is 2.85. The van der Waals surface area contributed by atoms with Crippen molar-refractivity contribution < 1.29 is 0 Å². The first kappa shape index (κ1) is 15.5. The second kappa shape index (κ2) is 7.23. The van der Waals surface area contributed by atoms with E-state index < -0.39 is 0 Å². The predicted octanol–water partition coefficient (Wildman–Crippen LogP) is 2.92. The van der Waals surface area contributed by atoms with Crippen molar-refractivity contribution >= 4 is 17.4 Å². The van der Waals surface area contributed by atoms with Crippen LogP contribution in [-0.2, 0) is 6.42 Å². The van der Waals surface area contributed by atoms with E-state index >= 15 is 0 Å². The van der Waals surface area contributed by atoms with Crippen LogP contribution in [-0.4, -0.2) is 47.6 Å². The quantitative estimate of drug-likeness (QED) is 0.782. The van der Waals surface area contributed by atoms with Crippen molar-refractivity contribution in [2.45, 2.75) is 40.0 Å². The van der Waals surface area contributed by atoms with Crippen LogP contribution in [0.5, 0.6) is 0 Å². The number of hydrogen-bond donors (Lipinski definition) is 0. The van der Waals surface area contributed by atoms with Gasteiger partial charge in [-0.15, -0.1) is 0 Å². The molecule has 0 aromatic carbocycles. The first-order valence-corrected chi connectivity index (χ1v) is 8.03. The van der Waals surface area contributed by atoms with Crippen molar-refractivity contribution in [2.24, 2.45) is 0 Å². The lowest BCUT2D eigenvalue weighted by Crippen LogP contribution is -2.47. The molecule has 0 N–H and O–H groups in total. The molecule has 20 heavy (non-hydrogen) atoms. The molecule has 2 heterocycles. The number of anilines is 1. The molecule has 5 heteroatoms. The Morgan fingerprint density at radius 2 is 1.75 bits per heavy atom. The molecule has 0 spiro atoms. The lowest BCUT2D eigenvalue weighted by atomic mass is 10.2. The van der Waals surface area contributed by atoms with E-state index in [4.69, 9.17) is 16.6 Å². The molecule has 1 aromatic rings. The average molecular weight is 297 g/mol. The van der Waals surface area contributed by atoms with Gasteiger partial charge in [-0.3, -0.25) is 4.90 Å². The summed E-state index contributed by atoms with van der Waals surface area (Å²) in [6.45, 7) is 11.9. The Labute approximate surface area is 127 Å². The average Bonchev–Trinajstić information content (AvgIpc) is 2.44. The second-order valence-corrected chi connectivity index (χ2v) is 5.82. The van der Waals surface area contributed by atoms with Gasteiger partial charge in [0.2, 0.25) is 0 Å². The molecule has 0 radical (unpaired) electrons. The maximum Gasteiger partial charge on any atom is 0.137 e. The normalized spacial score (nSPS) is 16.7. The zero-order chi connectivity index (χ0) is 14.5. The second-order valence-electron chi connectivity index (χ2n) is 5.46. The molecular formula is C15H25ClN4. The largest absolute Gasteiger partial charge is 0.354 e. The van der Waals surface area contributed by atoms with Crippen LogP contribution in [0.2, 0.25) is 5.15 Å². The van der Waals surface area contributed by atoms with Gasteiger partial charge in [-0.1, -0.05) is 25.4 Å². The van der Waals surface area contributed by atoms with Gasteiger partial charge in [-0.2, -0.15) is 0 Å². The molecule has 0 saturated carbocycles. The summed E-state index contributed by atoms with van der Waals surface area (Å²) in [6.07, 6.45) is 3.16. The van der Waals surface area contributed by atoms with Crippen LogP contribution in [0.15, 0.2) is 0 Å². The van der Waals surface area contributed by atoms with Crippen LogP contribution in [0.1, 0.15) is 38.1 Å². The highest BCUT2D eigenvalue weighted by molar-refractivity contribution is 6.30. The van der Waals surface area contributed by atoms with Crippen LogP contribution >= 0.6 is 11.6 Å². The van der Waals surface area contributed by atoms with Gasteiger partial charge in [0, 0.05) is 38.2 Å².